The Hall–Kier alpha value is -2.07. The van der Waals surface area contributed by atoms with E-state index in [9.17, 15) is 5.26 Å². The van der Waals surface area contributed by atoms with E-state index < -0.39 is 5.41 Å². The molecule has 0 saturated carbocycles. The first-order chi connectivity index (χ1) is 14.1. The molecule has 1 aliphatic rings. The first kappa shape index (κ1) is 21.6. The predicted octanol–water partition coefficient (Wildman–Crippen LogP) is 4.16. The minimum Gasteiger partial charge on any atom is -0.497 e. The van der Waals surface area contributed by atoms with Gasteiger partial charge in [0.05, 0.1) is 13.2 Å². The van der Waals surface area contributed by atoms with Crippen molar-refractivity contribution in [1.29, 1.82) is 5.26 Å². The van der Waals surface area contributed by atoms with Crippen molar-refractivity contribution >= 4 is 28.3 Å². The Balaban J connectivity index is 1.77. The van der Waals surface area contributed by atoms with Gasteiger partial charge < -0.3 is 14.5 Å². The molecule has 1 unspecified atom stereocenters. The van der Waals surface area contributed by atoms with Crippen molar-refractivity contribution in [2.24, 2.45) is 0 Å². The van der Waals surface area contributed by atoms with Gasteiger partial charge >= 0.3 is 0 Å². The third kappa shape index (κ3) is 5.11. The summed E-state index contributed by atoms with van der Waals surface area (Å²) in [5.41, 5.74) is 1.29. The second-order valence-electron chi connectivity index (χ2n) is 7.27. The Morgan fingerprint density at radius 2 is 1.69 bits per heavy atom. The van der Waals surface area contributed by atoms with E-state index in [0.717, 1.165) is 53.1 Å². The molecule has 29 heavy (non-hydrogen) atoms. The highest BCUT2D eigenvalue weighted by Gasteiger charge is 2.34. The lowest BCUT2D eigenvalue weighted by atomic mass is 9.74. The summed E-state index contributed by atoms with van der Waals surface area (Å²) in [4.78, 5) is 4.60. The van der Waals surface area contributed by atoms with Crippen LogP contribution in [0.1, 0.15) is 17.5 Å². The van der Waals surface area contributed by atoms with Crippen molar-refractivity contribution in [3.63, 3.8) is 0 Å². The summed E-state index contributed by atoms with van der Waals surface area (Å²) in [7, 11) is 3.79. The third-order valence-corrected chi connectivity index (χ3v) is 7.03. The monoisotopic (exact) mass is 425 g/mol. The predicted molar refractivity (Wildman–Crippen MR) is 125 cm³/mol. The molecule has 1 saturated heterocycles. The number of nitriles is 1. The highest BCUT2D eigenvalue weighted by atomic mass is 32.2. The van der Waals surface area contributed by atoms with Crippen LogP contribution < -0.4 is 4.74 Å². The smallest absolute Gasteiger partial charge is 0.136 e. The van der Waals surface area contributed by atoms with Crippen LogP contribution in [-0.4, -0.2) is 60.2 Å². The molecule has 1 atom stereocenters. The van der Waals surface area contributed by atoms with Crippen LogP contribution in [0.25, 0.3) is 0 Å². The van der Waals surface area contributed by atoms with Gasteiger partial charge in [-0.15, -0.1) is 0 Å². The Labute approximate surface area is 183 Å². The lowest BCUT2D eigenvalue weighted by Crippen LogP contribution is -2.45. The van der Waals surface area contributed by atoms with E-state index >= 15 is 0 Å². The van der Waals surface area contributed by atoms with E-state index in [0.29, 0.717) is 6.42 Å². The minimum absolute atomic E-state index is 0.693. The second kappa shape index (κ2) is 10.1. The molecule has 2 aromatic carbocycles. The number of hydrogen-bond donors (Lipinski definition) is 0. The molecule has 152 valence electrons. The van der Waals surface area contributed by atoms with Gasteiger partial charge in [-0.3, -0.25) is 0 Å². The summed E-state index contributed by atoms with van der Waals surface area (Å²) in [6.07, 6.45) is 0.693. The molecule has 1 heterocycles. The molecule has 0 spiro atoms. The number of thiocarbonyl (C=S) groups is 1. The number of hydrogen-bond acceptors (Lipinski definition) is 5. The van der Waals surface area contributed by atoms with E-state index in [1.165, 1.54) is 0 Å². The molecular formula is C23H27N3OS2. The summed E-state index contributed by atoms with van der Waals surface area (Å²) in [6.45, 7) is 4.03. The molecule has 0 radical (unpaired) electrons. The summed E-state index contributed by atoms with van der Waals surface area (Å²) in [5.74, 6) is 1.58. The van der Waals surface area contributed by atoms with Crippen LogP contribution in [0.15, 0.2) is 54.6 Å². The topological polar surface area (TPSA) is 39.5 Å². The van der Waals surface area contributed by atoms with E-state index in [4.69, 9.17) is 17.0 Å². The van der Waals surface area contributed by atoms with Crippen LogP contribution in [0.3, 0.4) is 0 Å². The molecule has 0 amide bonds. The summed E-state index contributed by atoms with van der Waals surface area (Å²) in [6, 6.07) is 20.5. The van der Waals surface area contributed by atoms with Crippen molar-refractivity contribution in [3.05, 3.63) is 65.7 Å². The van der Waals surface area contributed by atoms with Gasteiger partial charge in [0.15, 0.2) is 0 Å². The molecule has 3 rings (SSSR count). The number of thioether (sulfide) groups is 1. The Morgan fingerprint density at radius 1 is 1.07 bits per heavy atom. The average Bonchev–Trinajstić information content (AvgIpc) is 2.78. The molecule has 0 aliphatic carbocycles. The first-order valence-electron chi connectivity index (χ1n) is 9.80. The van der Waals surface area contributed by atoms with E-state index in [2.05, 4.69) is 22.9 Å². The van der Waals surface area contributed by atoms with E-state index in [-0.39, 0.29) is 0 Å². The first-order valence-corrected chi connectivity index (χ1v) is 11.2. The number of likely N-dealkylation sites (N-methyl/N-ethyl adjacent to an activating group) is 1. The number of ether oxygens (including phenoxy) is 1. The number of piperazine rings is 1. The summed E-state index contributed by atoms with van der Waals surface area (Å²) >= 11 is 7.36. The normalized spacial score (nSPS) is 16.7. The fourth-order valence-electron chi connectivity index (χ4n) is 3.61. The largest absolute Gasteiger partial charge is 0.497 e. The van der Waals surface area contributed by atoms with Gasteiger partial charge in [0.25, 0.3) is 0 Å². The Bertz CT molecular complexity index is 843. The maximum absolute atomic E-state index is 10.3. The highest BCUT2D eigenvalue weighted by molar-refractivity contribution is 8.22. The fraction of sp³-hybridized carbons (Fsp3) is 0.391. The van der Waals surface area contributed by atoms with Gasteiger partial charge in [0.2, 0.25) is 0 Å². The van der Waals surface area contributed by atoms with Crippen molar-refractivity contribution in [2.75, 3.05) is 46.1 Å². The number of methoxy groups -OCH3 is 1. The number of nitrogens with zero attached hydrogens (tertiary/aromatic N) is 3. The molecule has 6 heteroatoms. The van der Waals surface area contributed by atoms with Crippen LogP contribution in [0.2, 0.25) is 0 Å². The highest BCUT2D eigenvalue weighted by Crippen LogP contribution is 2.37. The van der Waals surface area contributed by atoms with Gasteiger partial charge in [-0.1, -0.05) is 66.4 Å². The van der Waals surface area contributed by atoms with Gasteiger partial charge in [-0.25, -0.2) is 0 Å². The minimum atomic E-state index is -0.710. The quantitative estimate of drug-likeness (QED) is 0.647. The van der Waals surface area contributed by atoms with Crippen molar-refractivity contribution < 1.29 is 4.74 Å². The van der Waals surface area contributed by atoms with Gasteiger partial charge in [0, 0.05) is 31.9 Å². The maximum atomic E-state index is 10.3. The van der Waals surface area contributed by atoms with Gasteiger partial charge in [-0.2, -0.15) is 5.26 Å². The van der Waals surface area contributed by atoms with Crippen LogP contribution in [0.5, 0.6) is 5.75 Å². The zero-order chi connectivity index (χ0) is 20.7. The molecule has 0 bridgehead atoms. The van der Waals surface area contributed by atoms with Crippen molar-refractivity contribution in [3.8, 4) is 11.8 Å². The van der Waals surface area contributed by atoms with Gasteiger partial charge in [0.1, 0.15) is 15.5 Å². The van der Waals surface area contributed by atoms with E-state index in [1.807, 2.05) is 54.6 Å². The van der Waals surface area contributed by atoms with E-state index in [1.54, 1.807) is 18.9 Å². The van der Waals surface area contributed by atoms with Crippen LogP contribution in [-0.2, 0) is 5.41 Å². The standard InChI is InChI=1S/C23H27N3OS2/c1-25-13-15-26(16-14-25)22(28)29-17-12-23(18-24,19-6-4-3-5-7-19)20-8-10-21(27-2)11-9-20/h3-11H,12-17H2,1-2H3. The summed E-state index contributed by atoms with van der Waals surface area (Å²) in [5, 5.41) is 10.3. The lowest BCUT2D eigenvalue weighted by molar-refractivity contribution is 0.220. The SMILES string of the molecule is COc1ccc(C(C#N)(CCSC(=S)N2CCN(C)CC2)c2ccccc2)cc1. The van der Waals surface area contributed by atoms with Crippen LogP contribution in [0.4, 0.5) is 0 Å². The maximum Gasteiger partial charge on any atom is 0.136 e. The molecule has 1 aliphatic heterocycles. The van der Waals surface area contributed by atoms with Crippen LogP contribution in [0, 0.1) is 11.3 Å². The Kier molecular flexibility index (Phi) is 7.54. The molecule has 2 aromatic rings. The molecule has 4 nitrogen and oxygen atoms in total. The van der Waals surface area contributed by atoms with Crippen LogP contribution >= 0.6 is 24.0 Å². The van der Waals surface area contributed by atoms with Crippen molar-refractivity contribution in [1.82, 2.24) is 9.80 Å². The zero-order valence-electron chi connectivity index (χ0n) is 17.0. The van der Waals surface area contributed by atoms with Gasteiger partial charge in [-0.05, 0) is 36.7 Å². The third-order valence-electron chi connectivity index (χ3n) is 5.50. The number of rotatable bonds is 6. The van der Waals surface area contributed by atoms with Crippen molar-refractivity contribution in [2.45, 2.75) is 11.8 Å². The summed E-state index contributed by atoms with van der Waals surface area (Å²) < 4.78 is 6.23. The lowest BCUT2D eigenvalue weighted by Gasteiger charge is -2.34. The molecule has 0 N–H and O–H groups in total. The average molecular weight is 426 g/mol. The molecule has 0 aromatic heterocycles. The molecular weight excluding hydrogens is 398 g/mol. The Morgan fingerprint density at radius 3 is 2.28 bits per heavy atom. The zero-order valence-corrected chi connectivity index (χ0v) is 18.6. The second-order valence-corrected chi connectivity index (χ2v) is 9.00. The fourth-order valence-corrected chi connectivity index (χ4v) is 4.99. The molecule has 1 fully saturated rings. The number of benzene rings is 2.